The van der Waals surface area contributed by atoms with Crippen LogP contribution in [0.1, 0.15) is 41.5 Å². The van der Waals surface area contributed by atoms with Crippen LogP contribution in [-0.2, 0) is 4.74 Å². The summed E-state index contributed by atoms with van der Waals surface area (Å²) >= 11 is 0. The van der Waals surface area contributed by atoms with Crippen LogP contribution < -0.4 is 5.32 Å². The maximum Gasteiger partial charge on any atom is 0.408 e. The van der Waals surface area contributed by atoms with Gasteiger partial charge in [0.05, 0.1) is 12.1 Å². The molecule has 5 heteroatoms. The SMILES string of the molecule is CCN(CCO)CC(C)(C)NC(=O)OC(C)(C)C. The Labute approximate surface area is 110 Å². The molecule has 18 heavy (non-hydrogen) atoms. The smallest absolute Gasteiger partial charge is 0.408 e. The summed E-state index contributed by atoms with van der Waals surface area (Å²) in [6, 6.07) is 0. The van der Waals surface area contributed by atoms with E-state index in [2.05, 4.69) is 10.2 Å². The van der Waals surface area contributed by atoms with E-state index in [1.807, 2.05) is 41.5 Å². The predicted octanol–water partition coefficient (Wildman–Crippen LogP) is 1.60. The van der Waals surface area contributed by atoms with Crippen LogP contribution >= 0.6 is 0 Å². The second-order valence-electron chi connectivity index (χ2n) is 6.10. The number of ether oxygens (including phenoxy) is 1. The van der Waals surface area contributed by atoms with E-state index in [4.69, 9.17) is 9.84 Å². The van der Waals surface area contributed by atoms with Crippen molar-refractivity contribution in [2.45, 2.75) is 52.7 Å². The summed E-state index contributed by atoms with van der Waals surface area (Å²) in [5.41, 5.74) is -0.886. The summed E-state index contributed by atoms with van der Waals surface area (Å²) in [7, 11) is 0. The van der Waals surface area contributed by atoms with Crippen molar-refractivity contribution in [2.75, 3.05) is 26.2 Å². The molecule has 0 rings (SSSR count). The van der Waals surface area contributed by atoms with Gasteiger partial charge in [-0.1, -0.05) is 6.92 Å². The Morgan fingerprint density at radius 2 is 1.83 bits per heavy atom. The van der Waals surface area contributed by atoms with Crippen molar-refractivity contribution in [1.82, 2.24) is 10.2 Å². The molecule has 0 radical (unpaired) electrons. The van der Waals surface area contributed by atoms with Gasteiger partial charge in [0, 0.05) is 13.1 Å². The second-order valence-corrected chi connectivity index (χ2v) is 6.10. The fourth-order valence-corrected chi connectivity index (χ4v) is 1.67. The third-order valence-electron chi connectivity index (χ3n) is 2.32. The first kappa shape index (κ1) is 17.2. The maximum absolute atomic E-state index is 11.7. The summed E-state index contributed by atoms with van der Waals surface area (Å²) < 4.78 is 5.23. The number of aliphatic hydroxyl groups is 1. The number of aliphatic hydroxyl groups excluding tert-OH is 1. The molecule has 0 aliphatic carbocycles. The number of nitrogens with zero attached hydrogens (tertiary/aromatic N) is 1. The molecule has 5 nitrogen and oxygen atoms in total. The van der Waals surface area contributed by atoms with Crippen LogP contribution in [0, 0.1) is 0 Å². The van der Waals surface area contributed by atoms with Crippen LogP contribution in [0.3, 0.4) is 0 Å². The lowest BCUT2D eigenvalue weighted by Crippen LogP contribution is -2.53. The molecule has 2 N–H and O–H groups in total. The maximum atomic E-state index is 11.7. The van der Waals surface area contributed by atoms with Gasteiger partial charge in [-0.2, -0.15) is 0 Å². The molecule has 0 heterocycles. The minimum Gasteiger partial charge on any atom is -0.444 e. The van der Waals surface area contributed by atoms with Gasteiger partial charge in [0.1, 0.15) is 5.60 Å². The predicted molar refractivity (Wildman–Crippen MR) is 72.6 cm³/mol. The molecule has 0 aliphatic rings. The highest BCUT2D eigenvalue weighted by molar-refractivity contribution is 5.68. The lowest BCUT2D eigenvalue weighted by Gasteiger charge is -2.33. The summed E-state index contributed by atoms with van der Waals surface area (Å²) in [6.07, 6.45) is -0.410. The summed E-state index contributed by atoms with van der Waals surface area (Å²) in [5.74, 6) is 0. The standard InChI is InChI=1S/C13H28N2O3/c1-7-15(8-9-16)10-13(5,6)14-11(17)18-12(2,3)4/h16H,7-10H2,1-6H3,(H,14,17). The largest absolute Gasteiger partial charge is 0.444 e. The average Bonchev–Trinajstić information content (AvgIpc) is 2.12. The van der Waals surface area contributed by atoms with E-state index in [1.165, 1.54) is 0 Å². The number of carbonyl (C=O) groups is 1. The molecule has 108 valence electrons. The Morgan fingerprint density at radius 3 is 2.22 bits per heavy atom. The Kier molecular flexibility index (Phi) is 6.63. The van der Waals surface area contributed by atoms with E-state index in [0.717, 1.165) is 6.54 Å². The quantitative estimate of drug-likeness (QED) is 0.761. The second kappa shape index (κ2) is 6.95. The topological polar surface area (TPSA) is 61.8 Å². The van der Waals surface area contributed by atoms with Gasteiger partial charge < -0.3 is 15.2 Å². The van der Waals surface area contributed by atoms with Gasteiger partial charge in [-0.15, -0.1) is 0 Å². The van der Waals surface area contributed by atoms with Crippen molar-refractivity contribution in [1.29, 1.82) is 0 Å². The van der Waals surface area contributed by atoms with E-state index in [0.29, 0.717) is 13.1 Å². The molecule has 0 atom stereocenters. The lowest BCUT2D eigenvalue weighted by molar-refractivity contribution is 0.0445. The highest BCUT2D eigenvalue weighted by atomic mass is 16.6. The minimum atomic E-state index is -0.490. The lowest BCUT2D eigenvalue weighted by atomic mass is 10.1. The van der Waals surface area contributed by atoms with Crippen LogP contribution in [0.5, 0.6) is 0 Å². The van der Waals surface area contributed by atoms with Gasteiger partial charge in [0.2, 0.25) is 0 Å². The molecular formula is C13H28N2O3. The molecule has 0 saturated heterocycles. The average molecular weight is 260 g/mol. The molecule has 0 fully saturated rings. The van der Waals surface area contributed by atoms with Gasteiger partial charge in [-0.05, 0) is 41.2 Å². The molecule has 0 saturated carbocycles. The molecule has 0 aromatic carbocycles. The Morgan fingerprint density at radius 1 is 1.28 bits per heavy atom. The molecule has 0 unspecified atom stereocenters. The number of hydrogen-bond donors (Lipinski definition) is 2. The van der Waals surface area contributed by atoms with Crippen molar-refractivity contribution >= 4 is 6.09 Å². The number of hydrogen-bond acceptors (Lipinski definition) is 4. The molecule has 0 bridgehead atoms. The Bertz CT molecular complexity index is 259. The Hall–Kier alpha value is -0.810. The van der Waals surface area contributed by atoms with E-state index in [1.54, 1.807) is 0 Å². The first-order valence-electron chi connectivity index (χ1n) is 6.44. The van der Waals surface area contributed by atoms with Gasteiger partial charge in [0.25, 0.3) is 0 Å². The van der Waals surface area contributed by atoms with Crippen molar-refractivity contribution in [3.63, 3.8) is 0 Å². The zero-order valence-electron chi connectivity index (χ0n) is 12.5. The number of rotatable bonds is 6. The number of nitrogens with one attached hydrogen (secondary N) is 1. The normalized spacial score (nSPS) is 12.7. The van der Waals surface area contributed by atoms with E-state index < -0.39 is 17.2 Å². The van der Waals surface area contributed by atoms with Gasteiger partial charge in [0.15, 0.2) is 0 Å². The van der Waals surface area contributed by atoms with Crippen molar-refractivity contribution in [3.8, 4) is 0 Å². The van der Waals surface area contributed by atoms with Crippen molar-refractivity contribution < 1.29 is 14.6 Å². The highest BCUT2D eigenvalue weighted by Crippen LogP contribution is 2.10. The van der Waals surface area contributed by atoms with Gasteiger partial charge in [-0.3, -0.25) is 4.90 Å². The third-order valence-corrected chi connectivity index (χ3v) is 2.32. The molecule has 0 spiro atoms. The first-order chi connectivity index (χ1) is 8.09. The van der Waals surface area contributed by atoms with Gasteiger partial charge in [-0.25, -0.2) is 4.79 Å². The summed E-state index contributed by atoms with van der Waals surface area (Å²) in [6.45, 7) is 13.7. The fourth-order valence-electron chi connectivity index (χ4n) is 1.67. The Balaban J connectivity index is 4.32. The highest BCUT2D eigenvalue weighted by Gasteiger charge is 2.26. The number of carbonyl (C=O) groups excluding carboxylic acids is 1. The number of amides is 1. The molecular weight excluding hydrogens is 232 g/mol. The molecule has 1 amide bonds. The summed E-state index contributed by atoms with van der Waals surface area (Å²) in [4.78, 5) is 13.8. The first-order valence-corrected chi connectivity index (χ1v) is 6.44. The monoisotopic (exact) mass is 260 g/mol. The van der Waals surface area contributed by atoms with Crippen LogP contribution in [-0.4, -0.2) is 53.5 Å². The van der Waals surface area contributed by atoms with E-state index in [-0.39, 0.29) is 6.61 Å². The minimum absolute atomic E-state index is 0.121. The fraction of sp³-hybridized carbons (Fsp3) is 0.923. The van der Waals surface area contributed by atoms with Crippen LogP contribution in [0.15, 0.2) is 0 Å². The van der Waals surface area contributed by atoms with Crippen LogP contribution in [0.2, 0.25) is 0 Å². The van der Waals surface area contributed by atoms with Gasteiger partial charge >= 0.3 is 6.09 Å². The third kappa shape index (κ3) is 8.31. The van der Waals surface area contributed by atoms with E-state index >= 15 is 0 Å². The molecule has 0 aliphatic heterocycles. The van der Waals surface area contributed by atoms with Crippen LogP contribution in [0.25, 0.3) is 0 Å². The van der Waals surface area contributed by atoms with Crippen molar-refractivity contribution in [3.05, 3.63) is 0 Å². The zero-order chi connectivity index (χ0) is 14.4. The van der Waals surface area contributed by atoms with Crippen molar-refractivity contribution in [2.24, 2.45) is 0 Å². The zero-order valence-corrected chi connectivity index (χ0v) is 12.5. The van der Waals surface area contributed by atoms with Crippen LogP contribution in [0.4, 0.5) is 4.79 Å². The molecule has 0 aromatic rings. The molecule has 0 aromatic heterocycles. The number of alkyl carbamates (subject to hydrolysis) is 1. The summed E-state index contributed by atoms with van der Waals surface area (Å²) in [5, 5.41) is 11.8. The number of likely N-dealkylation sites (N-methyl/N-ethyl adjacent to an activating group) is 1. The van der Waals surface area contributed by atoms with E-state index in [9.17, 15) is 4.79 Å².